The van der Waals surface area contributed by atoms with Crippen LogP contribution < -0.4 is 5.69 Å². The summed E-state index contributed by atoms with van der Waals surface area (Å²) in [5, 5.41) is 4.50. The number of para-hydroxylation sites is 1. The van der Waals surface area contributed by atoms with Gasteiger partial charge < -0.3 is 14.4 Å². The van der Waals surface area contributed by atoms with Crippen LogP contribution in [0, 0.1) is 0 Å². The Morgan fingerprint density at radius 1 is 1.07 bits per heavy atom. The van der Waals surface area contributed by atoms with Crippen LogP contribution in [0.4, 0.5) is 0 Å². The summed E-state index contributed by atoms with van der Waals surface area (Å²) < 4.78 is 5.26. The van der Waals surface area contributed by atoms with Crippen LogP contribution in [-0.4, -0.2) is 38.0 Å². The third-order valence-corrected chi connectivity index (χ3v) is 4.05. The molecule has 1 amide bonds. The molecule has 27 heavy (non-hydrogen) atoms. The van der Waals surface area contributed by atoms with Crippen molar-refractivity contribution in [3.63, 3.8) is 0 Å². The van der Waals surface area contributed by atoms with Crippen LogP contribution in [0.15, 0.2) is 63.9 Å². The molecule has 134 valence electrons. The van der Waals surface area contributed by atoms with Gasteiger partial charge in [-0.15, -0.1) is 0 Å². The van der Waals surface area contributed by atoms with E-state index >= 15 is 0 Å². The minimum absolute atomic E-state index is 0.0867. The van der Waals surface area contributed by atoms with Crippen molar-refractivity contribution < 1.29 is 9.32 Å². The minimum atomic E-state index is -0.573. The van der Waals surface area contributed by atoms with Gasteiger partial charge in [-0.1, -0.05) is 41.6 Å². The van der Waals surface area contributed by atoms with Gasteiger partial charge in [-0.3, -0.25) is 4.79 Å². The van der Waals surface area contributed by atoms with E-state index in [4.69, 9.17) is 4.52 Å². The van der Waals surface area contributed by atoms with Crippen LogP contribution in [0.5, 0.6) is 0 Å². The van der Waals surface area contributed by atoms with Crippen LogP contribution >= 0.6 is 0 Å². The number of carbonyl (C=O) groups is 1. The number of carbonyl (C=O) groups excluding carboxylic acids is 1. The minimum Gasteiger partial charge on any atom is -0.334 e. The Morgan fingerprint density at radius 2 is 1.81 bits per heavy atom. The SMILES string of the molecule is CN(Cc1noc(-c2ccccc2)n1)C(=O)c1nc(=O)[nH]c2ccccc12. The van der Waals surface area contributed by atoms with E-state index in [1.54, 1.807) is 31.3 Å². The fraction of sp³-hybridized carbons (Fsp3) is 0.105. The average Bonchev–Trinajstić information content (AvgIpc) is 3.16. The van der Waals surface area contributed by atoms with Crippen molar-refractivity contribution in [1.29, 1.82) is 0 Å². The number of aromatic nitrogens is 4. The van der Waals surface area contributed by atoms with Gasteiger partial charge in [0.1, 0.15) is 5.69 Å². The summed E-state index contributed by atoms with van der Waals surface area (Å²) in [4.78, 5) is 36.8. The van der Waals surface area contributed by atoms with E-state index in [-0.39, 0.29) is 12.2 Å². The number of H-pyrrole nitrogens is 1. The number of amides is 1. The van der Waals surface area contributed by atoms with Crippen molar-refractivity contribution >= 4 is 16.8 Å². The number of benzene rings is 2. The summed E-state index contributed by atoms with van der Waals surface area (Å²) in [5.41, 5.74) is 0.868. The van der Waals surface area contributed by atoms with Gasteiger partial charge in [0.2, 0.25) is 0 Å². The van der Waals surface area contributed by atoms with Crippen molar-refractivity contribution in [2.45, 2.75) is 6.54 Å². The molecule has 2 heterocycles. The molecule has 0 saturated heterocycles. The largest absolute Gasteiger partial charge is 0.346 e. The van der Waals surface area contributed by atoms with Gasteiger partial charge in [0.15, 0.2) is 5.82 Å². The van der Waals surface area contributed by atoms with Gasteiger partial charge in [0, 0.05) is 18.0 Å². The predicted octanol–water partition coefficient (Wildman–Crippen LogP) is 2.25. The van der Waals surface area contributed by atoms with E-state index in [1.807, 2.05) is 30.3 Å². The third kappa shape index (κ3) is 3.32. The Balaban J connectivity index is 1.59. The topological polar surface area (TPSA) is 105 Å². The second-order valence-electron chi connectivity index (χ2n) is 5.98. The number of nitrogens with zero attached hydrogens (tertiary/aromatic N) is 4. The molecular formula is C19H15N5O3. The van der Waals surface area contributed by atoms with Gasteiger partial charge >= 0.3 is 5.69 Å². The Hall–Kier alpha value is -3.81. The molecule has 0 aliphatic carbocycles. The predicted molar refractivity (Wildman–Crippen MR) is 97.9 cm³/mol. The summed E-state index contributed by atoms with van der Waals surface area (Å²) in [7, 11) is 1.60. The highest BCUT2D eigenvalue weighted by Gasteiger charge is 2.20. The zero-order valence-corrected chi connectivity index (χ0v) is 14.4. The van der Waals surface area contributed by atoms with Crippen LogP contribution in [0.25, 0.3) is 22.4 Å². The highest BCUT2D eigenvalue weighted by molar-refractivity contribution is 6.03. The fourth-order valence-corrected chi connectivity index (χ4v) is 2.75. The average molecular weight is 361 g/mol. The van der Waals surface area contributed by atoms with Crippen molar-refractivity contribution in [3.05, 3.63) is 76.6 Å². The molecule has 4 aromatic rings. The van der Waals surface area contributed by atoms with Crippen LogP contribution in [0.1, 0.15) is 16.3 Å². The van der Waals surface area contributed by atoms with Crippen LogP contribution in [-0.2, 0) is 6.54 Å². The zero-order valence-electron chi connectivity index (χ0n) is 14.4. The molecule has 0 aliphatic rings. The maximum Gasteiger partial charge on any atom is 0.346 e. The molecule has 0 radical (unpaired) electrons. The molecule has 1 N–H and O–H groups in total. The molecule has 0 unspecified atom stereocenters. The molecule has 0 fully saturated rings. The van der Waals surface area contributed by atoms with Crippen molar-refractivity contribution in [3.8, 4) is 11.5 Å². The van der Waals surface area contributed by atoms with Crippen LogP contribution in [0.3, 0.4) is 0 Å². The Labute approximate surface area is 153 Å². The van der Waals surface area contributed by atoms with Crippen molar-refractivity contribution in [2.24, 2.45) is 0 Å². The van der Waals surface area contributed by atoms with E-state index in [0.717, 1.165) is 5.56 Å². The summed E-state index contributed by atoms with van der Waals surface area (Å²) in [5.74, 6) is 0.341. The molecule has 0 saturated carbocycles. The normalized spacial score (nSPS) is 10.9. The van der Waals surface area contributed by atoms with E-state index in [1.165, 1.54) is 4.90 Å². The van der Waals surface area contributed by atoms with Gasteiger partial charge in [-0.2, -0.15) is 9.97 Å². The lowest BCUT2D eigenvalue weighted by Gasteiger charge is -2.15. The summed E-state index contributed by atoms with van der Waals surface area (Å²) in [6.07, 6.45) is 0. The quantitative estimate of drug-likeness (QED) is 0.598. The van der Waals surface area contributed by atoms with E-state index in [2.05, 4.69) is 20.1 Å². The number of hydrogen-bond acceptors (Lipinski definition) is 6. The van der Waals surface area contributed by atoms with Gasteiger partial charge in [-0.05, 0) is 18.2 Å². The highest BCUT2D eigenvalue weighted by atomic mass is 16.5. The number of fused-ring (bicyclic) bond motifs is 1. The number of hydrogen-bond donors (Lipinski definition) is 1. The Morgan fingerprint density at radius 3 is 2.63 bits per heavy atom. The van der Waals surface area contributed by atoms with E-state index in [9.17, 15) is 9.59 Å². The molecule has 0 bridgehead atoms. The lowest BCUT2D eigenvalue weighted by atomic mass is 10.1. The lowest BCUT2D eigenvalue weighted by Crippen LogP contribution is -2.30. The van der Waals surface area contributed by atoms with Crippen molar-refractivity contribution in [1.82, 2.24) is 25.0 Å². The monoisotopic (exact) mass is 361 g/mol. The molecule has 0 aliphatic heterocycles. The van der Waals surface area contributed by atoms with Crippen LogP contribution in [0.2, 0.25) is 0 Å². The number of rotatable bonds is 4. The Kier molecular flexibility index (Phi) is 4.21. The molecule has 0 atom stereocenters. The second kappa shape index (κ2) is 6.83. The Bertz CT molecular complexity index is 1170. The van der Waals surface area contributed by atoms with E-state index in [0.29, 0.717) is 22.6 Å². The standard InChI is InChI=1S/C19H15N5O3/c1-24(11-15-21-17(27-23-15)12-7-3-2-4-8-12)18(25)16-13-9-5-6-10-14(13)20-19(26)22-16/h2-10H,11H2,1H3,(H,20,22,26). The fourth-order valence-electron chi connectivity index (χ4n) is 2.75. The molecule has 2 aromatic heterocycles. The maximum atomic E-state index is 12.8. The molecule has 0 spiro atoms. The third-order valence-electron chi connectivity index (χ3n) is 4.05. The zero-order chi connectivity index (χ0) is 18.8. The van der Waals surface area contributed by atoms with Gasteiger partial charge in [-0.25, -0.2) is 4.79 Å². The van der Waals surface area contributed by atoms with Crippen molar-refractivity contribution in [2.75, 3.05) is 7.05 Å². The second-order valence-corrected chi connectivity index (χ2v) is 5.98. The number of nitrogens with one attached hydrogen (secondary N) is 1. The molecule has 8 nitrogen and oxygen atoms in total. The first-order valence-corrected chi connectivity index (χ1v) is 8.24. The molecule has 4 rings (SSSR count). The first-order valence-electron chi connectivity index (χ1n) is 8.24. The lowest BCUT2D eigenvalue weighted by molar-refractivity contribution is 0.0776. The van der Waals surface area contributed by atoms with Gasteiger partial charge in [0.05, 0.1) is 12.1 Å². The summed E-state index contributed by atoms with van der Waals surface area (Å²) in [6, 6.07) is 16.4. The molecular weight excluding hydrogens is 346 g/mol. The smallest absolute Gasteiger partial charge is 0.334 e. The summed E-state index contributed by atoms with van der Waals surface area (Å²) in [6.45, 7) is 0.123. The van der Waals surface area contributed by atoms with E-state index < -0.39 is 11.6 Å². The molecule has 8 heteroatoms. The maximum absolute atomic E-state index is 12.8. The van der Waals surface area contributed by atoms with Gasteiger partial charge in [0.25, 0.3) is 11.8 Å². The summed E-state index contributed by atoms with van der Waals surface area (Å²) >= 11 is 0. The highest BCUT2D eigenvalue weighted by Crippen LogP contribution is 2.18. The number of aromatic amines is 1. The first-order chi connectivity index (χ1) is 13.1. The first kappa shape index (κ1) is 16.6. The molecule has 2 aromatic carbocycles.